The number of fused-ring (bicyclic) bond motifs is 2. The molecule has 3 aromatic rings. The summed E-state index contributed by atoms with van der Waals surface area (Å²) in [5.74, 6) is -1.49. The molecule has 3 amide bonds. The Morgan fingerprint density at radius 1 is 1.04 bits per heavy atom. The minimum atomic E-state index is -0.546. The summed E-state index contributed by atoms with van der Waals surface area (Å²) in [5.41, 5.74) is 4.76. The van der Waals surface area contributed by atoms with Crippen molar-refractivity contribution in [3.8, 4) is 0 Å². The van der Waals surface area contributed by atoms with Crippen molar-refractivity contribution in [1.29, 1.82) is 0 Å². The molecule has 1 aliphatic heterocycles. The van der Waals surface area contributed by atoms with Gasteiger partial charge in [-0.25, -0.2) is 5.43 Å². The average Bonchev–Trinajstić information content (AvgIpc) is 3.17. The molecule has 0 saturated heterocycles. The Hall–Kier alpha value is -3.74. The van der Waals surface area contributed by atoms with Gasteiger partial charge < -0.3 is 4.98 Å². The summed E-state index contributed by atoms with van der Waals surface area (Å²) in [5, 5.41) is 4.89. The van der Waals surface area contributed by atoms with Crippen molar-refractivity contribution in [3.63, 3.8) is 0 Å². The molecule has 0 spiro atoms. The Kier molecular flexibility index (Phi) is 3.81. The number of aromatic amines is 1. The van der Waals surface area contributed by atoms with E-state index in [0.717, 1.165) is 21.4 Å². The fourth-order valence-corrected chi connectivity index (χ4v) is 2.94. The molecule has 0 fully saturated rings. The molecule has 0 saturated carbocycles. The number of aromatic nitrogens is 1. The predicted octanol–water partition coefficient (Wildman–Crippen LogP) is 1.91. The van der Waals surface area contributed by atoms with Crippen LogP contribution in [0.4, 0.5) is 0 Å². The number of benzene rings is 2. The molecule has 0 atom stereocenters. The van der Waals surface area contributed by atoms with Gasteiger partial charge >= 0.3 is 0 Å². The lowest BCUT2D eigenvalue weighted by Crippen LogP contribution is -2.38. The van der Waals surface area contributed by atoms with Gasteiger partial charge in [-0.15, -0.1) is 0 Å². The van der Waals surface area contributed by atoms with Crippen LogP contribution in [0.15, 0.2) is 59.8 Å². The number of carbonyl (C=O) groups excluding carboxylic acids is 3. The molecule has 26 heavy (non-hydrogen) atoms. The predicted molar refractivity (Wildman–Crippen MR) is 95.8 cm³/mol. The highest BCUT2D eigenvalue weighted by Crippen LogP contribution is 2.21. The molecular weight excluding hydrogens is 332 g/mol. The minimum Gasteiger partial charge on any atom is -0.361 e. The number of hydrogen-bond donors (Lipinski definition) is 2. The van der Waals surface area contributed by atoms with Gasteiger partial charge in [0.05, 0.1) is 17.3 Å². The minimum absolute atomic E-state index is 0.313. The number of hydrazone groups is 1. The third-order valence-corrected chi connectivity index (χ3v) is 4.19. The van der Waals surface area contributed by atoms with Crippen LogP contribution in [0.25, 0.3) is 10.9 Å². The van der Waals surface area contributed by atoms with Crippen LogP contribution in [-0.2, 0) is 4.79 Å². The molecule has 1 aliphatic rings. The topological polar surface area (TPSA) is 94.6 Å². The van der Waals surface area contributed by atoms with Crippen LogP contribution in [0.2, 0.25) is 0 Å². The highest BCUT2D eigenvalue weighted by Gasteiger charge is 2.36. The first kappa shape index (κ1) is 15.8. The molecule has 2 heterocycles. The lowest BCUT2D eigenvalue weighted by Gasteiger charge is -2.11. The molecule has 0 unspecified atom stereocenters. The zero-order valence-electron chi connectivity index (χ0n) is 13.6. The normalized spacial score (nSPS) is 13.6. The van der Waals surface area contributed by atoms with Gasteiger partial charge in [0.1, 0.15) is 6.54 Å². The van der Waals surface area contributed by atoms with Gasteiger partial charge in [-0.1, -0.05) is 30.3 Å². The fraction of sp³-hybridized carbons (Fsp3) is 0.0526. The van der Waals surface area contributed by atoms with E-state index >= 15 is 0 Å². The van der Waals surface area contributed by atoms with Crippen LogP contribution in [0.1, 0.15) is 26.3 Å². The van der Waals surface area contributed by atoms with Gasteiger partial charge in [-0.05, 0) is 18.2 Å². The lowest BCUT2D eigenvalue weighted by molar-refractivity contribution is -0.121. The summed E-state index contributed by atoms with van der Waals surface area (Å²) in [6.07, 6.45) is 3.30. The molecule has 7 heteroatoms. The lowest BCUT2D eigenvalue weighted by atomic mass is 10.1. The Morgan fingerprint density at radius 2 is 1.69 bits per heavy atom. The molecule has 2 N–H and O–H groups in total. The number of hydrogen-bond acceptors (Lipinski definition) is 4. The van der Waals surface area contributed by atoms with Gasteiger partial charge in [0.15, 0.2) is 0 Å². The van der Waals surface area contributed by atoms with Gasteiger partial charge in [0.2, 0.25) is 0 Å². The van der Waals surface area contributed by atoms with E-state index in [2.05, 4.69) is 15.5 Å². The summed E-state index contributed by atoms with van der Waals surface area (Å²) >= 11 is 0. The van der Waals surface area contributed by atoms with Gasteiger partial charge in [0.25, 0.3) is 17.7 Å². The van der Waals surface area contributed by atoms with E-state index in [9.17, 15) is 14.4 Å². The first-order valence-corrected chi connectivity index (χ1v) is 7.98. The first-order chi connectivity index (χ1) is 12.6. The number of rotatable bonds is 4. The maximum absolute atomic E-state index is 12.2. The molecular formula is C19H14N4O3. The van der Waals surface area contributed by atoms with Crippen LogP contribution in [0.5, 0.6) is 0 Å². The Bertz CT molecular complexity index is 1030. The zero-order chi connectivity index (χ0) is 18.1. The van der Waals surface area contributed by atoms with Crippen molar-refractivity contribution in [2.45, 2.75) is 0 Å². The summed E-state index contributed by atoms with van der Waals surface area (Å²) in [6, 6.07) is 14.2. The quantitative estimate of drug-likeness (QED) is 0.429. The van der Waals surface area contributed by atoms with Crippen molar-refractivity contribution in [1.82, 2.24) is 15.3 Å². The second kappa shape index (κ2) is 6.29. The van der Waals surface area contributed by atoms with Gasteiger partial charge in [0, 0.05) is 22.7 Å². The van der Waals surface area contributed by atoms with E-state index in [1.54, 1.807) is 30.5 Å². The standard InChI is InChI=1S/C19H14N4O3/c24-17(11-23-18(25)14-6-1-2-7-15(14)19(23)26)22-21-10-12-9-20-16-8-4-3-5-13(12)16/h1-10,20H,11H2,(H,22,24)/b21-10+. The van der Waals surface area contributed by atoms with Gasteiger partial charge in [-0.2, -0.15) is 5.10 Å². The molecule has 0 radical (unpaired) electrons. The Labute approximate surface area is 148 Å². The average molecular weight is 346 g/mol. The third-order valence-electron chi connectivity index (χ3n) is 4.19. The Balaban J connectivity index is 1.42. The van der Waals surface area contributed by atoms with E-state index < -0.39 is 17.7 Å². The molecule has 0 aliphatic carbocycles. The Morgan fingerprint density at radius 3 is 2.42 bits per heavy atom. The number of carbonyl (C=O) groups is 3. The van der Waals surface area contributed by atoms with Crippen LogP contribution in [-0.4, -0.2) is 40.4 Å². The van der Waals surface area contributed by atoms with Crippen molar-refractivity contribution in [2.75, 3.05) is 6.54 Å². The zero-order valence-corrected chi connectivity index (χ0v) is 13.6. The molecule has 1 aromatic heterocycles. The molecule has 0 bridgehead atoms. The molecule has 4 rings (SSSR count). The van der Waals surface area contributed by atoms with Crippen LogP contribution in [0.3, 0.4) is 0 Å². The van der Waals surface area contributed by atoms with Crippen LogP contribution < -0.4 is 5.43 Å². The van der Waals surface area contributed by atoms with E-state index in [0.29, 0.717) is 11.1 Å². The third kappa shape index (κ3) is 2.65. The second-order valence-corrected chi connectivity index (χ2v) is 5.82. The summed E-state index contributed by atoms with van der Waals surface area (Å²) in [6.45, 7) is -0.377. The molecule has 7 nitrogen and oxygen atoms in total. The van der Waals surface area contributed by atoms with E-state index in [1.807, 2.05) is 24.3 Å². The van der Waals surface area contributed by atoms with Crippen molar-refractivity contribution in [3.05, 3.63) is 71.4 Å². The second-order valence-electron chi connectivity index (χ2n) is 5.82. The number of nitrogens with one attached hydrogen (secondary N) is 2. The summed E-state index contributed by atoms with van der Waals surface area (Å²) in [4.78, 5) is 40.5. The monoisotopic (exact) mass is 346 g/mol. The number of nitrogens with zero attached hydrogens (tertiary/aromatic N) is 2. The number of H-pyrrole nitrogens is 1. The summed E-state index contributed by atoms with van der Waals surface area (Å²) in [7, 11) is 0. The largest absolute Gasteiger partial charge is 0.361 e. The van der Waals surface area contributed by atoms with Crippen molar-refractivity contribution in [2.24, 2.45) is 5.10 Å². The van der Waals surface area contributed by atoms with E-state index in [1.165, 1.54) is 6.21 Å². The highest BCUT2D eigenvalue weighted by atomic mass is 16.2. The fourth-order valence-electron chi connectivity index (χ4n) is 2.94. The van der Waals surface area contributed by atoms with E-state index in [4.69, 9.17) is 0 Å². The van der Waals surface area contributed by atoms with Gasteiger partial charge in [-0.3, -0.25) is 19.3 Å². The maximum Gasteiger partial charge on any atom is 0.262 e. The summed E-state index contributed by atoms with van der Waals surface area (Å²) < 4.78 is 0. The molecule has 128 valence electrons. The van der Waals surface area contributed by atoms with Crippen molar-refractivity contribution >= 4 is 34.8 Å². The van der Waals surface area contributed by atoms with Crippen LogP contribution in [0, 0.1) is 0 Å². The number of imide groups is 1. The maximum atomic E-state index is 12.2. The van der Waals surface area contributed by atoms with Crippen molar-refractivity contribution < 1.29 is 14.4 Å². The number of amides is 3. The smallest absolute Gasteiger partial charge is 0.262 e. The van der Waals surface area contributed by atoms with E-state index in [-0.39, 0.29) is 6.54 Å². The first-order valence-electron chi connectivity index (χ1n) is 7.98. The highest BCUT2D eigenvalue weighted by molar-refractivity contribution is 6.22. The molecule has 2 aromatic carbocycles. The van der Waals surface area contributed by atoms with Crippen LogP contribution >= 0.6 is 0 Å². The number of para-hydroxylation sites is 1. The SMILES string of the molecule is O=C(CN1C(=O)c2ccccc2C1=O)N/N=C/c1c[nH]c2ccccc12.